The molecule has 0 N–H and O–H groups in total. The van der Waals surface area contributed by atoms with Gasteiger partial charge in [0.25, 0.3) is 11.5 Å². The molecule has 11 heteroatoms. The van der Waals surface area contributed by atoms with Crippen LogP contribution in [0.1, 0.15) is 32.8 Å². The van der Waals surface area contributed by atoms with E-state index in [1.165, 1.54) is 16.2 Å². The van der Waals surface area contributed by atoms with Gasteiger partial charge in [-0.2, -0.15) is 0 Å². The first-order chi connectivity index (χ1) is 16.3. The summed E-state index contributed by atoms with van der Waals surface area (Å²) < 4.78 is 7.07. The minimum atomic E-state index is -0.345. The van der Waals surface area contributed by atoms with Crippen molar-refractivity contribution in [1.29, 1.82) is 0 Å². The van der Waals surface area contributed by atoms with Gasteiger partial charge in [-0.1, -0.05) is 37.0 Å². The third kappa shape index (κ3) is 4.54. The Bertz CT molecular complexity index is 1220. The molecular weight excluding hydrogens is 474 g/mol. The van der Waals surface area contributed by atoms with Crippen molar-refractivity contribution in [2.75, 3.05) is 37.7 Å². The number of aromatic nitrogens is 2. The number of thioether (sulfide) groups is 1. The lowest BCUT2D eigenvalue weighted by Crippen LogP contribution is -2.49. The molecule has 1 unspecified atom stereocenters. The van der Waals surface area contributed by atoms with Crippen molar-refractivity contribution in [3.8, 4) is 0 Å². The van der Waals surface area contributed by atoms with Crippen LogP contribution in [0.5, 0.6) is 0 Å². The number of amides is 2. The zero-order valence-corrected chi connectivity index (χ0v) is 21.0. The van der Waals surface area contributed by atoms with Crippen molar-refractivity contribution in [1.82, 2.24) is 19.2 Å². The summed E-state index contributed by atoms with van der Waals surface area (Å²) in [5.41, 5.74) is 0.583. The Kier molecular flexibility index (Phi) is 7.22. The molecule has 2 aromatic heterocycles. The highest BCUT2D eigenvalue weighted by atomic mass is 32.2. The van der Waals surface area contributed by atoms with E-state index in [2.05, 4.69) is 0 Å². The molecule has 0 aliphatic carbocycles. The van der Waals surface area contributed by atoms with Crippen LogP contribution in [0, 0.1) is 0 Å². The molecule has 2 fully saturated rings. The number of fused-ring (bicyclic) bond motifs is 1. The number of thiocarbonyl (C=S) groups is 1. The number of rotatable bonds is 5. The second-order valence-electron chi connectivity index (χ2n) is 8.07. The SMILES string of the molecule is CCOC(=O)N1CCN(c2nc3ccccn3c(=O)c2/C=C2/SC(=S)N(C(C)CC)C2=O)CC1. The fourth-order valence-electron chi connectivity index (χ4n) is 3.95. The molecule has 2 saturated heterocycles. The average Bonchev–Trinajstić information content (AvgIpc) is 3.13. The van der Waals surface area contributed by atoms with E-state index in [-0.39, 0.29) is 23.6 Å². The molecule has 9 nitrogen and oxygen atoms in total. The van der Waals surface area contributed by atoms with Gasteiger partial charge in [0.15, 0.2) is 0 Å². The van der Waals surface area contributed by atoms with Gasteiger partial charge in [0, 0.05) is 38.4 Å². The Labute approximate surface area is 207 Å². The van der Waals surface area contributed by atoms with Crippen molar-refractivity contribution in [3.05, 3.63) is 45.2 Å². The fourth-order valence-corrected chi connectivity index (χ4v) is 5.39. The first kappa shape index (κ1) is 24.2. The first-order valence-corrected chi connectivity index (χ1v) is 12.5. The van der Waals surface area contributed by atoms with Gasteiger partial charge in [0.05, 0.1) is 17.1 Å². The topological polar surface area (TPSA) is 87.5 Å². The van der Waals surface area contributed by atoms with Crippen molar-refractivity contribution in [2.24, 2.45) is 0 Å². The maximum Gasteiger partial charge on any atom is 0.409 e. The Morgan fingerprint density at radius 1 is 1.24 bits per heavy atom. The minimum Gasteiger partial charge on any atom is -0.450 e. The molecule has 2 aliphatic heterocycles. The number of carbonyl (C=O) groups excluding carboxylic acids is 2. The van der Waals surface area contributed by atoms with Gasteiger partial charge >= 0.3 is 6.09 Å². The molecule has 0 aromatic carbocycles. The minimum absolute atomic E-state index is 0.0235. The van der Waals surface area contributed by atoms with Crippen LogP contribution < -0.4 is 10.5 Å². The average molecular weight is 502 g/mol. The Hall–Kier alpha value is -2.92. The molecule has 2 aliphatic rings. The summed E-state index contributed by atoms with van der Waals surface area (Å²) in [6.07, 6.45) is 3.71. The van der Waals surface area contributed by atoms with Crippen LogP contribution in [0.3, 0.4) is 0 Å². The highest BCUT2D eigenvalue weighted by molar-refractivity contribution is 8.26. The summed E-state index contributed by atoms with van der Waals surface area (Å²) in [5.74, 6) is 0.300. The molecule has 1 atom stereocenters. The highest BCUT2D eigenvalue weighted by Gasteiger charge is 2.35. The number of pyridine rings is 1. The summed E-state index contributed by atoms with van der Waals surface area (Å²) in [6, 6.07) is 5.33. The maximum atomic E-state index is 13.5. The number of hydrogen-bond donors (Lipinski definition) is 0. The molecule has 4 heterocycles. The third-order valence-corrected chi connectivity index (χ3v) is 7.32. The number of nitrogens with zero attached hydrogens (tertiary/aromatic N) is 5. The van der Waals surface area contributed by atoms with E-state index in [1.807, 2.05) is 24.8 Å². The van der Waals surface area contributed by atoms with Gasteiger partial charge in [0.1, 0.15) is 15.8 Å². The number of anilines is 1. The summed E-state index contributed by atoms with van der Waals surface area (Å²) >= 11 is 6.65. The Balaban J connectivity index is 1.73. The van der Waals surface area contributed by atoms with Crippen LogP contribution >= 0.6 is 24.0 Å². The van der Waals surface area contributed by atoms with E-state index in [1.54, 1.807) is 41.1 Å². The summed E-state index contributed by atoms with van der Waals surface area (Å²) in [6.45, 7) is 7.92. The standard InChI is InChI=1S/C23H27N5O4S2/c1-4-15(3)28-21(30)17(34-23(28)33)14-16-19(24-18-8-6-7-9-27(18)20(16)29)25-10-12-26(13-11-25)22(31)32-5-2/h6-9,14-15H,4-5,10-13H2,1-3H3/b17-14+. The molecule has 2 amide bonds. The van der Waals surface area contributed by atoms with Crippen LogP contribution in [0.2, 0.25) is 0 Å². The molecular formula is C23H27N5O4S2. The van der Waals surface area contributed by atoms with Crippen LogP contribution in [0.15, 0.2) is 34.1 Å². The van der Waals surface area contributed by atoms with E-state index in [9.17, 15) is 14.4 Å². The van der Waals surface area contributed by atoms with Crippen LogP contribution in [0.4, 0.5) is 10.6 Å². The molecule has 0 spiro atoms. The highest BCUT2D eigenvalue weighted by Crippen LogP contribution is 2.35. The van der Waals surface area contributed by atoms with E-state index in [0.717, 1.165) is 6.42 Å². The second kappa shape index (κ2) is 10.1. The monoisotopic (exact) mass is 501 g/mol. The zero-order chi connectivity index (χ0) is 24.4. The van der Waals surface area contributed by atoms with Gasteiger partial charge in [-0.25, -0.2) is 9.78 Å². The lowest BCUT2D eigenvalue weighted by Gasteiger charge is -2.35. The smallest absolute Gasteiger partial charge is 0.409 e. The molecule has 0 radical (unpaired) electrons. The number of carbonyl (C=O) groups is 2. The van der Waals surface area contributed by atoms with Crippen molar-refractivity contribution in [2.45, 2.75) is 33.2 Å². The van der Waals surface area contributed by atoms with Gasteiger partial charge in [-0.05, 0) is 38.5 Å². The quantitative estimate of drug-likeness (QED) is 0.457. The van der Waals surface area contributed by atoms with E-state index in [0.29, 0.717) is 59.0 Å². The van der Waals surface area contributed by atoms with Crippen LogP contribution in [-0.2, 0) is 9.53 Å². The van der Waals surface area contributed by atoms with Gasteiger partial charge < -0.3 is 14.5 Å². The number of ether oxygens (including phenoxy) is 1. The number of piperazine rings is 1. The van der Waals surface area contributed by atoms with Crippen molar-refractivity contribution in [3.63, 3.8) is 0 Å². The predicted octanol–water partition coefficient (Wildman–Crippen LogP) is 2.97. The second-order valence-corrected chi connectivity index (χ2v) is 9.74. The molecule has 4 rings (SSSR count). The van der Waals surface area contributed by atoms with Crippen molar-refractivity contribution < 1.29 is 14.3 Å². The van der Waals surface area contributed by atoms with Gasteiger partial charge in [0.2, 0.25) is 0 Å². The molecule has 180 valence electrons. The summed E-state index contributed by atoms with van der Waals surface area (Å²) in [4.78, 5) is 49.1. The molecule has 2 aromatic rings. The Morgan fingerprint density at radius 2 is 1.97 bits per heavy atom. The first-order valence-electron chi connectivity index (χ1n) is 11.3. The summed E-state index contributed by atoms with van der Waals surface area (Å²) in [5, 5.41) is 0. The summed E-state index contributed by atoms with van der Waals surface area (Å²) in [7, 11) is 0. The van der Waals surface area contributed by atoms with E-state index < -0.39 is 0 Å². The predicted molar refractivity (Wildman–Crippen MR) is 137 cm³/mol. The Morgan fingerprint density at radius 3 is 2.65 bits per heavy atom. The maximum absolute atomic E-state index is 13.5. The molecule has 0 bridgehead atoms. The van der Waals surface area contributed by atoms with Crippen LogP contribution in [-0.4, -0.2) is 74.3 Å². The van der Waals surface area contributed by atoms with Gasteiger partial charge in [-0.15, -0.1) is 0 Å². The molecule has 34 heavy (non-hydrogen) atoms. The van der Waals surface area contributed by atoms with E-state index in [4.69, 9.17) is 21.9 Å². The third-order valence-electron chi connectivity index (χ3n) is 5.98. The molecule has 0 saturated carbocycles. The number of hydrogen-bond acceptors (Lipinski definition) is 8. The van der Waals surface area contributed by atoms with E-state index >= 15 is 0 Å². The van der Waals surface area contributed by atoms with Gasteiger partial charge in [-0.3, -0.25) is 18.9 Å². The largest absolute Gasteiger partial charge is 0.450 e. The van der Waals surface area contributed by atoms with Crippen LogP contribution in [0.25, 0.3) is 11.7 Å². The normalized spacial score (nSPS) is 18.8. The lowest BCUT2D eigenvalue weighted by molar-refractivity contribution is -0.123. The zero-order valence-electron chi connectivity index (χ0n) is 19.4. The van der Waals surface area contributed by atoms with Crippen molar-refractivity contribution >= 4 is 57.8 Å². The lowest BCUT2D eigenvalue weighted by atomic mass is 10.2. The fraction of sp³-hybridized carbons (Fsp3) is 0.435.